The third-order valence-electron chi connectivity index (χ3n) is 1.87. The molecule has 0 aromatic heterocycles. The summed E-state index contributed by atoms with van der Waals surface area (Å²) in [4.78, 5) is 21.7. The minimum absolute atomic E-state index is 0.126. The molecule has 0 saturated carbocycles. The predicted molar refractivity (Wildman–Crippen MR) is 56.3 cm³/mol. The fourth-order valence-electron chi connectivity index (χ4n) is 1.06. The highest BCUT2D eigenvalue weighted by Gasteiger charge is 2.21. The van der Waals surface area contributed by atoms with Crippen molar-refractivity contribution in [3.05, 3.63) is 4.91 Å². The van der Waals surface area contributed by atoms with E-state index in [9.17, 15) is 9.70 Å². The summed E-state index contributed by atoms with van der Waals surface area (Å²) in [6.45, 7) is 5.54. The Labute approximate surface area is 89.8 Å². The van der Waals surface area contributed by atoms with E-state index in [-0.39, 0.29) is 12.5 Å². The number of carbonyl (C=O) groups excluding carboxylic acids is 1. The minimum Gasteiger partial charge on any atom is -0.464 e. The zero-order valence-electron chi connectivity index (χ0n) is 9.47. The first-order chi connectivity index (χ1) is 6.97. The number of ether oxygens (including phenoxy) is 1. The first kappa shape index (κ1) is 14.0. The Kier molecular flexibility index (Phi) is 6.86. The van der Waals surface area contributed by atoms with Gasteiger partial charge in [0.15, 0.2) is 6.04 Å². The molecule has 0 heterocycles. The SMILES string of the molecule is CC(C)C[C@@H](N=O)C(=O)OCC[C@@H](C)O. The van der Waals surface area contributed by atoms with E-state index in [0.29, 0.717) is 12.8 Å². The second-order valence-electron chi connectivity index (χ2n) is 4.06. The Morgan fingerprint density at radius 2 is 2.00 bits per heavy atom. The van der Waals surface area contributed by atoms with Crippen molar-refractivity contribution in [2.75, 3.05) is 6.61 Å². The van der Waals surface area contributed by atoms with Gasteiger partial charge in [-0.3, -0.25) is 0 Å². The Morgan fingerprint density at radius 1 is 1.40 bits per heavy atom. The average molecular weight is 217 g/mol. The molecular weight excluding hydrogens is 198 g/mol. The first-order valence-corrected chi connectivity index (χ1v) is 5.14. The Balaban J connectivity index is 3.89. The molecule has 15 heavy (non-hydrogen) atoms. The molecule has 88 valence electrons. The van der Waals surface area contributed by atoms with Gasteiger partial charge in [-0.25, -0.2) is 4.79 Å². The molecule has 0 aliphatic rings. The van der Waals surface area contributed by atoms with Crippen molar-refractivity contribution in [1.82, 2.24) is 0 Å². The predicted octanol–water partition coefficient (Wildman–Crippen LogP) is 1.48. The number of hydrogen-bond acceptors (Lipinski definition) is 5. The number of nitroso groups, excluding NO2 is 1. The van der Waals surface area contributed by atoms with Crippen molar-refractivity contribution < 1.29 is 14.6 Å². The molecular formula is C10H19NO4. The van der Waals surface area contributed by atoms with Crippen LogP contribution >= 0.6 is 0 Å². The van der Waals surface area contributed by atoms with Crippen LogP contribution in [-0.2, 0) is 9.53 Å². The summed E-state index contributed by atoms with van der Waals surface area (Å²) in [5.74, 6) is -0.378. The van der Waals surface area contributed by atoms with E-state index in [4.69, 9.17) is 9.84 Å². The summed E-state index contributed by atoms with van der Waals surface area (Å²) in [7, 11) is 0. The maximum atomic E-state index is 11.3. The van der Waals surface area contributed by atoms with E-state index >= 15 is 0 Å². The van der Waals surface area contributed by atoms with E-state index in [1.807, 2.05) is 13.8 Å². The largest absolute Gasteiger partial charge is 0.464 e. The van der Waals surface area contributed by atoms with Gasteiger partial charge in [-0.1, -0.05) is 19.0 Å². The van der Waals surface area contributed by atoms with E-state index < -0.39 is 18.1 Å². The molecule has 0 aliphatic heterocycles. The molecule has 0 amide bonds. The summed E-state index contributed by atoms with van der Waals surface area (Å²) in [5.41, 5.74) is 0. The zero-order chi connectivity index (χ0) is 11.8. The molecule has 0 fully saturated rings. The summed E-state index contributed by atoms with van der Waals surface area (Å²) in [5, 5.41) is 11.7. The summed E-state index contributed by atoms with van der Waals surface area (Å²) < 4.78 is 4.81. The Bertz CT molecular complexity index is 204. The molecule has 0 aromatic carbocycles. The Hall–Kier alpha value is -0.970. The topological polar surface area (TPSA) is 76.0 Å². The summed E-state index contributed by atoms with van der Waals surface area (Å²) >= 11 is 0. The van der Waals surface area contributed by atoms with E-state index in [1.165, 1.54) is 0 Å². The number of carbonyl (C=O) groups is 1. The van der Waals surface area contributed by atoms with Crippen molar-refractivity contribution in [2.45, 2.75) is 45.8 Å². The standard InChI is InChI=1S/C10H19NO4/c1-7(2)6-9(11-14)10(13)15-5-4-8(3)12/h7-9,12H,4-6H2,1-3H3/t8-,9-/m1/s1. The van der Waals surface area contributed by atoms with Crippen LogP contribution in [0.15, 0.2) is 5.18 Å². The first-order valence-electron chi connectivity index (χ1n) is 5.14. The normalized spacial score (nSPS) is 14.7. The van der Waals surface area contributed by atoms with Gasteiger partial charge in [-0.2, -0.15) is 0 Å². The van der Waals surface area contributed by atoms with Gasteiger partial charge in [0, 0.05) is 6.42 Å². The molecule has 0 spiro atoms. The molecule has 0 saturated heterocycles. The molecule has 0 aromatic rings. The Morgan fingerprint density at radius 3 is 2.40 bits per heavy atom. The van der Waals surface area contributed by atoms with Gasteiger partial charge in [0.25, 0.3) is 0 Å². The van der Waals surface area contributed by atoms with Crippen molar-refractivity contribution in [1.29, 1.82) is 0 Å². The average Bonchev–Trinajstić information content (AvgIpc) is 2.13. The highest BCUT2D eigenvalue weighted by molar-refractivity contribution is 5.75. The number of aliphatic hydroxyl groups excluding tert-OH is 1. The van der Waals surface area contributed by atoms with Gasteiger partial charge in [0.05, 0.1) is 12.7 Å². The number of esters is 1. The van der Waals surface area contributed by atoms with Crippen molar-refractivity contribution in [2.24, 2.45) is 11.1 Å². The number of aliphatic hydroxyl groups is 1. The van der Waals surface area contributed by atoms with Crippen LogP contribution in [-0.4, -0.2) is 29.8 Å². The van der Waals surface area contributed by atoms with Crippen LogP contribution in [0.4, 0.5) is 0 Å². The van der Waals surface area contributed by atoms with E-state index in [2.05, 4.69) is 5.18 Å². The molecule has 0 radical (unpaired) electrons. The zero-order valence-corrected chi connectivity index (χ0v) is 9.47. The van der Waals surface area contributed by atoms with Crippen molar-refractivity contribution in [3.8, 4) is 0 Å². The van der Waals surface area contributed by atoms with Gasteiger partial charge in [-0.05, 0) is 19.3 Å². The molecule has 1 N–H and O–H groups in total. The lowest BCUT2D eigenvalue weighted by Crippen LogP contribution is -2.24. The van der Waals surface area contributed by atoms with Gasteiger partial charge in [0.2, 0.25) is 0 Å². The highest BCUT2D eigenvalue weighted by atomic mass is 16.5. The smallest absolute Gasteiger partial charge is 0.334 e. The molecule has 0 bridgehead atoms. The molecule has 0 rings (SSSR count). The van der Waals surface area contributed by atoms with Crippen LogP contribution in [0.25, 0.3) is 0 Å². The van der Waals surface area contributed by atoms with Crippen LogP contribution in [0.2, 0.25) is 0 Å². The lowest BCUT2D eigenvalue weighted by Gasteiger charge is -2.11. The quantitative estimate of drug-likeness (QED) is 0.517. The summed E-state index contributed by atoms with van der Waals surface area (Å²) in [6, 6.07) is -0.918. The van der Waals surface area contributed by atoms with Crippen molar-refractivity contribution >= 4 is 5.97 Å². The lowest BCUT2D eigenvalue weighted by molar-refractivity contribution is -0.146. The number of nitrogens with zero attached hydrogens (tertiary/aromatic N) is 1. The van der Waals surface area contributed by atoms with Gasteiger partial charge < -0.3 is 9.84 Å². The monoisotopic (exact) mass is 217 g/mol. The van der Waals surface area contributed by atoms with Crippen LogP contribution in [0.1, 0.15) is 33.6 Å². The maximum Gasteiger partial charge on any atom is 0.334 e. The fraction of sp³-hybridized carbons (Fsp3) is 0.900. The van der Waals surface area contributed by atoms with Gasteiger partial charge in [-0.15, -0.1) is 4.91 Å². The molecule has 2 atom stereocenters. The van der Waals surface area contributed by atoms with Crippen LogP contribution < -0.4 is 0 Å². The number of hydrogen-bond donors (Lipinski definition) is 1. The maximum absolute atomic E-state index is 11.3. The fourth-order valence-corrected chi connectivity index (χ4v) is 1.06. The summed E-state index contributed by atoms with van der Waals surface area (Å²) in [6.07, 6.45) is 0.265. The third kappa shape index (κ3) is 7.02. The van der Waals surface area contributed by atoms with E-state index in [1.54, 1.807) is 6.92 Å². The van der Waals surface area contributed by atoms with E-state index in [0.717, 1.165) is 0 Å². The van der Waals surface area contributed by atoms with Crippen LogP contribution in [0.3, 0.4) is 0 Å². The van der Waals surface area contributed by atoms with Crippen LogP contribution in [0.5, 0.6) is 0 Å². The third-order valence-corrected chi connectivity index (χ3v) is 1.87. The molecule has 0 unspecified atom stereocenters. The molecule has 5 nitrogen and oxygen atoms in total. The lowest BCUT2D eigenvalue weighted by atomic mass is 10.0. The second-order valence-corrected chi connectivity index (χ2v) is 4.06. The van der Waals surface area contributed by atoms with Crippen molar-refractivity contribution in [3.63, 3.8) is 0 Å². The highest BCUT2D eigenvalue weighted by Crippen LogP contribution is 2.09. The molecule has 0 aliphatic carbocycles. The second kappa shape index (κ2) is 7.34. The van der Waals surface area contributed by atoms with Crippen LogP contribution in [0, 0.1) is 10.8 Å². The molecule has 5 heteroatoms. The van der Waals surface area contributed by atoms with Gasteiger partial charge >= 0.3 is 5.97 Å². The van der Waals surface area contributed by atoms with Gasteiger partial charge in [0.1, 0.15) is 0 Å². The minimum atomic E-state index is -0.918. The number of rotatable bonds is 7.